The summed E-state index contributed by atoms with van der Waals surface area (Å²) in [6, 6.07) is 0. The molecule has 0 heterocycles. The first-order chi connectivity index (χ1) is 7.30. The molecule has 0 amide bonds. The summed E-state index contributed by atoms with van der Waals surface area (Å²) in [5.41, 5.74) is -0.00183. The van der Waals surface area contributed by atoms with Crippen LogP contribution < -0.4 is 5.32 Å². The van der Waals surface area contributed by atoms with Crippen molar-refractivity contribution in [3.63, 3.8) is 0 Å². The summed E-state index contributed by atoms with van der Waals surface area (Å²) in [7, 11) is 1.78. The van der Waals surface area contributed by atoms with Gasteiger partial charge in [0.15, 0.2) is 0 Å². The summed E-state index contributed by atoms with van der Waals surface area (Å²) < 4.78 is 5.40. The molecular formula is C14H31NO. The second kappa shape index (κ2) is 7.29. The molecule has 0 rings (SSSR count). The van der Waals surface area contributed by atoms with Crippen LogP contribution in [0.25, 0.3) is 0 Å². The van der Waals surface area contributed by atoms with Crippen molar-refractivity contribution >= 4 is 0 Å². The number of hydrogen-bond donors (Lipinski definition) is 1. The highest BCUT2D eigenvalue weighted by molar-refractivity contribution is 4.72. The zero-order valence-corrected chi connectivity index (χ0v) is 12.3. The van der Waals surface area contributed by atoms with Gasteiger partial charge in [0.2, 0.25) is 0 Å². The van der Waals surface area contributed by atoms with Gasteiger partial charge in [0.1, 0.15) is 0 Å². The molecule has 2 nitrogen and oxygen atoms in total. The predicted octanol–water partition coefficient (Wildman–Crippen LogP) is 3.32. The molecule has 0 aromatic rings. The quantitative estimate of drug-likeness (QED) is 0.645. The molecule has 0 aliphatic rings. The minimum absolute atomic E-state index is 0.00183. The van der Waals surface area contributed by atoms with Gasteiger partial charge < -0.3 is 10.1 Å². The van der Waals surface area contributed by atoms with E-state index in [9.17, 15) is 0 Å². The third-order valence-corrected chi connectivity index (χ3v) is 3.55. The van der Waals surface area contributed by atoms with Crippen molar-refractivity contribution in [2.45, 2.75) is 53.6 Å². The third-order valence-electron chi connectivity index (χ3n) is 3.55. The summed E-state index contributed by atoms with van der Waals surface area (Å²) in [5, 5.41) is 3.56. The Balaban J connectivity index is 3.79. The van der Waals surface area contributed by atoms with Gasteiger partial charge in [0.25, 0.3) is 0 Å². The van der Waals surface area contributed by atoms with Crippen molar-refractivity contribution in [1.82, 2.24) is 5.32 Å². The summed E-state index contributed by atoms with van der Waals surface area (Å²) >= 11 is 0. The van der Waals surface area contributed by atoms with E-state index in [-0.39, 0.29) is 5.60 Å². The van der Waals surface area contributed by atoms with Crippen LogP contribution in [0.1, 0.15) is 48.0 Å². The first-order valence-corrected chi connectivity index (χ1v) is 6.56. The van der Waals surface area contributed by atoms with E-state index in [0.29, 0.717) is 0 Å². The van der Waals surface area contributed by atoms with Gasteiger partial charge in [0.05, 0.1) is 5.60 Å². The molecular weight excluding hydrogens is 198 g/mol. The maximum absolute atomic E-state index is 5.40. The van der Waals surface area contributed by atoms with E-state index < -0.39 is 0 Å². The second-order valence-electron chi connectivity index (χ2n) is 6.07. The number of rotatable bonds is 8. The summed E-state index contributed by atoms with van der Waals surface area (Å²) in [5.74, 6) is 2.27. The van der Waals surface area contributed by atoms with Crippen molar-refractivity contribution in [3.8, 4) is 0 Å². The van der Waals surface area contributed by atoms with Gasteiger partial charge in [-0.25, -0.2) is 0 Å². The molecule has 0 aromatic carbocycles. The molecule has 0 aliphatic heterocycles. The summed E-state index contributed by atoms with van der Waals surface area (Å²) in [6.07, 6.45) is 1.06. The number of ether oxygens (including phenoxy) is 1. The lowest BCUT2D eigenvalue weighted by atomic mass is 9.85. The molecule has 0 saturated heterocycles. The van der Waals surface area contributed by atoms with Crippen LogP contribution in [0.15, 0.2) is 0 Å². The van der Waals surface area contributed by atoms with Crippen LogP contribution in [0.5, 0.6) is 0 Å². The molecule has 16 heavy (non-hydrogen) atoms. The molecule has 0 atom stereocenters. The van der Waals surface area contributed by atoms with E-state index >= 15 is 0 Å². The van der Waals surface area contributed by atoms with Gasteiger partial charge in [-0.05, 0) is 51.1 Å². The van der Waals surface area contributed by atoms with E-state index in [1.165, 1.54) is 0 Å². The Hall–Kier alpha value is -0.0800. The Labute approximate surface area is 102 Å². The fraction of sp³-hybridized carbons (Fsp3) is 1.00. The zero-order chi connectivity index (χ0) is 12.8. The molecule has 0 spiro atoms. The molecule has 1 N–H and O–H groups in total. The van der Waals surface area contributed by atoms with E-state index in [4.69, 9.17) is 4.74 Å². The van der Waals surface area contributed by atoms with Crippen LogP contribution >= 0.6 is 0 Å². The highest BCUT2D eigenvalue weighted by atomic mass is 16.5. The van der Waals surface area contributed by atoms with Crippen molar-refractivity contribution in [1.29, 1.82) is 0 Å². The highest BCUT2D eigenvalue weighted by Gasteiger charge is 2.18. The lowest BCUT2D eigenvalue weighted by Gasteiger charge is -2.27. The topological polar surface area (TPSA) is 21.3 Å². The molecule has 98 valence electrons. The SMILES string of the molecule is COC(C)(C)CCNCC(C(C)C)C(C)C. The van der Waals surface area contributed by atoms with Gasteiger partial charge in [0, 0.05) is 7.11 Å². The molecule has 0 bridgehead atoms. The Bertz CT molecular complexity index is 168. The molecule has 0 fully saturated rings. The number of hydrogen-bond acceptors (Lipinski definition) is 2. The van der Waals surface area contributed by atoms with Gasteiger partial charge in [-0.2, -0.15) is 0 Å². The second-order valence-corrected chi connectivity index (χ2v) is 6.07. The Morgan fingerprint density at radius 3 is 1.94 bits per heavy atom. The van der Waals surface area contributed by atoms with Crippen molar-refractivity contribution in [2.24, 2.45) is 17.8 Å². The maximum atomic E-state index is 5.40. The average Bonchev–Trinajstić information content (AvgIpc) is 2.16. The van der Waals surface area contributed by atoms with Crippen LogP contribution in [0.4, 0.5) is 0 Å². The minimum Gasteiger partial charge on any atom is -0.379 e. The third kappa shape index (κ3) is 6.49. The Morgan fingerprint density at radius 1 is 1.06 bits per heavy atom. The molecule has 0 aromatic heterocycles. The van der Waals surface area contributed by atoms with E-state index in [2.05, 4.69) is 46.9 Å². The first kappa shape index (κ1) is 15.9. The Morgan fingerprint density at radius 2 is 1.56 bits per heavy atom. The smallest absolute Gasteiger partial charge is 0.0634 e. The van der Waals surface area contributed by atoms with E-state index in [1.54, 1.807) is 7.11 Å². The van der Waals surface area contributed by atoms with E-state index in [1.807, 2.05) is 0 Å². The van der Waals surface area contributed by atoms with Gasteiger partial charge in [-0.3, -0.25) is 0 Å². The van der Waals surface area contributed by atoms with Gasteiger partial charge >= 0.3 is 0 Å². The highest BCUT2D eigenvalue weighted by Crippen LogP contribution is 2.19. The van der Waals surface area contributed by atoms with Gasteiger partial charge in [-0.15, -0.1) is 0 Å². The normalized spacial score (nSPS) is 13.1. The van der Waals surface area contributed by atoms with Crippen LogP contribution in [-0.2, 0) is 4.74 Å². The summed E-state index contributed by atoms with van der Waals surface area (Å²) in [4.78, 5) is 0. The van der Waals surface area contributed by atoms with Crippen molar-refractivity contribution in [3.05, 3.63) is 0 Å². The van der Waals surface area contributed by atoms with Crippen LogP contribution in [-0.4, -0.2) is 25.8 Å². The summed E-state index contributed by atoms with van der Waals surface area (Å²) in [6.45, 7) is 15.7. The fourth-order valence-corrected chi connectivity index (χ4v) is 2.00. The minimum atomic E-state index is -0.00183. The Kier molecular flexibility index (Phi) is 7.25. The lowest BCUT2D eigenvalue weighted by Crippen LogP contribution is -2.34. The molecule has 2 heteroatoms. The van der Waals surface area contributed by atoms with Gasteiger partial charge in [-0.1, -0.05) is 27.7 Å². The predicted molar refractivity (Wildman–Crippen MR) is 71.7 cm³/mol. The van der Waals surface area contributed by atoms with Crippen molar-refractivity contribution in [2.75, 3.05) is 20.2 Å². The van der Waals surface area contributed by atoms with Crippen LogP contribution in [0, 0.1) is 17.8 Å². The van der Waals surface area contributed by atoms with Crippen molar-refractivity contribution < 1.29 is 4.74 Å². The standard InChI is InChI=1S/C14H31NO/c1-11(2)13(12(3)4)10-15-9-8-14(5,6)16-7/h11-13,15H,8-10H2,1-7H3. The zero-order valence-electron chi connectivity index (χ0n) is 12.3. The first-order valence-electron chi connectivity index (χ1n) is 6.56. The molecule has 0 unspecified atom stereocenters. The average molecular weight is 229 g/mol. The maximum Gasteiger partial charge on any atom is 0.0634 e. The number of methoxy groups -OCH3 is 1. The van der Waals surface area contributed by atoms with E-state index in [0.717, 1.165) is 37.3 Å². The lowest BCUT2D eigenvalue weighted by molar-refractivity contribution is 0.0155. The molecule has 0 saturated carbocycles. The number of nitrogens with one attached hydrogen (secondary N) is 1. The monoisotopic (exact) mass is 229 g/mol. The van der Waals surface area contributed by atoms with Crippen LogP contribution in [0.3, 0.4) is 0 Å². The van der Waals surface area contributed by atoms with Crippen LogP contribution in [0.2, 0.25) is 0 Å². The molecule has 0 radical (unpaired) electrons. The fourth-order valence-electron chi connectivity index (χ4n) is 2.00. The largest absolute Gasteiger partial charge is 0.379 e. The molecule has 0 aliphatic carbocycles.